The van der Waals surface area contributed by atoms with Crippen LogP contribution in [0.2, 0.25) is 0 Å². The number of allylic oxidation sites excluding steroid dienone is 3. The van der Waals surface area contributed by atoms with Crippen molar-refractivity contribution in [1.82, 2.24) is 0 Å². The van der Waals surface area contributed by atoms with Crippen molar-refractivity contribution >= 4 is 33.2 Å². The van der Waals surface area contributed by atoms with Gasteiger partial charge in [0.25, 0.3) is 0 Å². The van der Waals surface area contributed by atoms with Crippen molar-refractivity contribution in [2.45, 2.75) is 17.6 Å². The first-order valence-corrected chi connectivity index (χ1v) is 6.50. The third-order valence-electron chi connectivity index (χ3n) is 2.27. The highest BCUT2D eigenvalue weighted by atomic mass is 35.5. The fraction of sp³-hybridized carbons (Fsp3) is 0.500. The molecule has 2 N–H and O–H groups in total. The van der Waals surface area contributed by atoms with Crippen molar-refractivity contribution in [2.75, 3.05) is 5.88 Å². The van der Waals surface area contributed by atoms with Crippen molar-refractivity contribution in [3.63, 3.8) is 0 Å². The van der Waals surface area contributed by atoms with E-state index < -0.39 is 14.8 Å². The number of halogens is 2. The van der Waals surface area contributed by atoms with E-state index in [2.05, 4.69) is 0 Å². The zero-order valence-corrected chi connectivity index (χ0v) is 9.74. The van der Waals surface area contributed by atoms with Crippen molar-refractivity contribution in [1.29, 1.82) is 0 Å². The van der Waals surface area contributed by atoms with Crippen molar-refractivity contribution < 1.29 is 8.42 Å². The molecule has 0 aromatic carbocycles. The molecule has 0 saturated carbocycles. The maximum Gasteiger partial charge on any atom is 0.218 e. The van der Waals surface area contributed by atoms with E-state index >= 15 is 0 Å². The summed E-state index contributed by atoms with van der Waals surface area (Å²) in [4.78, 5) is 0. The number of nitrogens with two attached hydrogens (primary N) is 1. The number of alkyl halides is 1. The molecular formula is C8H11Cl2NO2S. The summed E-state index contributed by atoms with van der Waals surface area (Å²) < 4.78 is 21.7. The fourth-order valence-electron chi connectivity index (χ4n) is 1.34. The molecular weight excluding hydrogens is 245 g/mol. The Morgan fingerprint density at radius 1 is 1.57 bits per heavy atom. The van der Waals surface area contributed by atoms with Gasteiger partial charge in [-0.3, -0.25) is 0 Å². The average molecular weight is 256 g/mol. The Morgan fingerprint density at radius 3 is 2.57 bits per heavy atom. The number of sulfonamides is 1. The van der Waals surface area contributed by atoms with Crippen LogP contribution in [0.3, 0.4) is 0 Å². The molecule has 14 heavy (non-hydrogen) atoms. The van der Waals surface area contributed by atoms with Gasteiger partial charge in [-0.1, -0.05) is 23.8 Å². The van der Waals surface area contributed by atoms with E-state index in [1.54, 1.807) is 12.2 Å². The van der Waals surface area contributed by atoms with Gasteiger partial charge in [-0.05, 0) is 18.9 Å². The molecule has 80 valence electrons. The summed E-state index contributed by atoms with van der Waals surface area (Å²) in [5.41, 5.74) is 0. The van der Waals surface area contributed by atoms with E-state index in [9.17, 15) is 8.42 Å². The Balaban J connectivity index is 3.05. The van der Waals surface area contributed by atoms with Crippen LogP contribution in [-0.4, -0.2) is 19.0 Å². The topological polar surface area (TPSA) is 60.2 Å². The molecule has 0 fully saturated rings. The van der Waals surface area contributed by atoms with Crippen LogP contribution >= 0.6 is 23.2 Å². The lowest BCUT2D eigenvalue weighted by atomic mass is 9.97. The summed E-state index contributed by atoms with van der Waals surface area (Å²) in [5.74, 6) is 0.242. The number of hydrogen-bond donors (Lipinski definition) is 1. The molecule has 0 aliphatic heterocycles. The molecule has 0 spiro atoms. The molecule has 1 atom stereocenters. The minimum Gasteiger partial charge on any atom is -0.228 e. The first kappa shape index (κ1) is 12.0. The molecule has 0 radical (unpaired) electrons. The Hall–Kier alpha value is -0.0300. The maximum absolute atomic E-state index is 11.4. The normalized spacial score (nSPS) is 27.5. The highest BCUT2D eigenvalue weighted by molar-refractivity contribution is 7.90. The fourth-order valence-corrected chi connectivity index (χ4v) is 2.89. The Bertz CT molecular complexity index is 375. The summed E-state index contributed by atoms with van der Waals surface area (Å²) in [6.45, 7) is 0. The molecule has 6 heteroatoms. The van der Waals surface area contributed by atoms with Gasteiger partial charge < -0.3 is 0 Å². The predicted molar refractivity (Wildman–Crippen MR) is 58.9 cm³/mol. The van der Waals surface area contributed by atoms with Gasteiger partial charge in [0, 0.05) is 10.9 Å². The minimum atomic E-state index is -3.65. The van der Waals surface area contributed by atoms with Crippen molar-refractivity contribution in [2.24, 2.45) is 5.14 Å². The van der Waals surface area contributed by atoms with E-state index in [1.165, 1.54) is 6.08 Å². The molecule has 0 saturated heterocycles. The molecule has 0 amide bonds. The predicted octanol–water partition coefficient (Wildman–Crippen LogP) is 1.73. The van der Waals surface area contributed by atoms with Crippen LogP contribution in [0.4, 0.5) is 0 Å². The van der Waals surface area contributed by atoms with E-state index in [-0.39, 0.29) is 12.3 Å². The van der Waals surface area contributed by atoms with Crippen molar-refractivity contribution in [3.8, 4) is 0 Å². The second kappa shape index (κ2) is 4.23. The largest absolute Gasteiger partial charge is 0.228 e. The quantitative estimate of drug-likeness (QED) is 0.781. The van der Waals surface area contributed by atoms with Gasteiger partial charge in [0.1, 0.15) is 4.75 Å². The number of hydrogen-bond acceptors (Lipinski definition) is 2. The zero-order chi connectivity index (χ0) is 10.8. The number of rotatable bonds is 3. The highest BCUT2D eigenvalue weighted by Gasteiger charge is 2.38. The summed E-state index contributed by atoms with van der Waals surface area (Å²) >= 11 is 11.3. The third kappa shape index (κ3) is 2.31. The van der Waals surface area contributed by atoms with Gasteiger partial charge in [0.2, 0.25) is 10.0 Å². The molecule has 0 bridgehead atoms. The van der Waals surface area contributed by atoms with E-state index in [4.69, 9.17) is 28.3 Å². The molecule has 1 unspecified atom stereocenters. The Kier molecular flexibility index (Phi) is 3.63. The standard InChI is InChI=1S/C8H11Cl2NO2S/c9-6-5-8(14(11,12)13)3-1-7(10)2-4-8/h1-3H,4-6H2,(H2,11,12,13). The highest BCUT2D eigenvalue weighted by Crippen LogP contribution is 2.32. The molecule has 0 aromatic heterocycles. The SMILES string of the molecule is NS(=O)(=O)C1(CCCl)C=CC(Cl)=CC1. The minimum absolute atomic E-state index is 0.242. The van der Waals surface area contributed by atoms with Gasteiger partial charge in [-0.2, -0.15) is 0 Å². The molecule has 3 nitrogen and oxygen atoms in total. The van der Waals surface area contributed by atoms with Gasteiger partial charge in [-0.15, -0.1) is 11.6 Å². The monoisotopic (exact) mass is 255 g/mol. The molecule has 0 heterocycles. The van der Waals surface area contributed by atoms with Crippen LogP contribution in [0.25, 0.3) is 0 Å². The van der Waals surface area contributed by atoms with E-state index in [0.29, 0.717) is 11.5 Å². The van der Waals surface area contributed by atoms with Crippen LogP contribution in [0.5, 0.6) is 0 Å². The van der Waals surface area contributed by atoms with Gasteiger partial charge in [0.15, 0.2) is 0 Å². The van der Waals surface area contributed by atoms with Crippen LogP contribution in [-0.2, 0) is 10.0 Å². The molecule has 1 aliphatic carbocycles. The lowest BCUT2D eigenvalue weighted by Crippen LogP contribution is -2.42. The maximum atomic E-state index is 11.4. The first-order chi connectivity index (χ1) is 6.41. The smallest absolute Gasteiger partial charge is 0.218 e. The third-order valence-corrected chi connectivity index (χ3v) is 4.38. The van der Waals surface area contributed by atoms with Crippen LogP contribution in [0.15, 0.2) is 23.3 Å². The lowest BCUT2D eigenvalue weighted by Gasteiger charge is -2.28. The number of primary sulfonamides is 1. The average Bonchev–Trinajstić information content (AvgIpc) is 2.07. The molecule has 0 aromatic rings. The lowest BCUT2D eigenvalue weighted by molar-refractivity contribution is 0.544. The zero-order valence-electron chi connectivity index (χ0n) is 7.41. The second-order valence-corrected chi connectivity index (χ2v) is 5.89. The van der Waals surface area contributed by atoms with Crippen LogP contribution in [0.1, 0.15) is 12.8 Å². The van der Waals surface area contributed by atoms with Gasteiger partial charge in [-0.25, -0.2) is 13.6 Å². The van der Waals surface area contributed by atoms with Gasteiger partial charge >= 0.3 is 0 Å². The van der Waals surface area contributed by atoms with Crippen LogP contribution < -0.4 is 5.14 Å². The van der Waals surface area contributed by atoms with Gasteiger partial charge in [0.05, 0.1) is 0 Å². The summed E-state index contributed by atoms with van der Waals surface area (Å²) in [6.07, 6.45) is 5.28. The first-order valence-electron chi connectivity index (χ1n) is 4.04. The molecule has 1 aliphatic rings. The molecule has 1 rings (SSSR count). The van der Waals surface area contributed by atoms with Crippen LogP contribution in [0, 0.1) is 0 Å². The van der Waals surface area contributed by atoms with Crippen molar-refractivity contribution in [3.05, 3.63) is 23.3 Å². The second-order valence-electron chi connectivity index (χ2n) is 3.18. The summed E-state index contributed by atoms with van der Waals surface area (Å²) in [6, 6.07) is 0. The Morgan fingerprint density at radius 2 is 2.21 bits per heavy atom. The van der Waals surface area contributed by atoms with E-state index in [1.807, 2.05) is 0 Å². The summed E-state index contributed by atoms with van der Waals surface area (Å²) in [5, 5.41) is 5.69. The Labute approximate surface area is 93.6 Å². The van der Waals surface area contributed by atoms with E-state index in [0.717, 1.165) is 0 Å². The summed E-state index contributed by atoms with van der Waals surface area (Å²) in [7, 11) is -3.65.